The molecule has 1 amide bonds. The Labute approximate surface area is 120 Å². The standard InChI is InChI=1S/C14H14FN3O3/c1-9-2-3-10(15)11(8-9)17-14(21)12-4-6-16-18(12)7-5-13(19)20/h2-4,6,8H,5,7H2,1H3,(H,17,21)(H,19,20). The third-order valence-corrected chi connectivity index (χ3v) is 2.86. The Morgan fingerprint density at radius 1 is 1.38 bits per heavy atom. The molecule has 1 aromatic heterocycles. The van der Waals surface area contributed by atoms with Crippen LogP contribution in [0, 0.1) is 12.7 Å². The van der Waals surface area contributed by atoms with Crippen LogP contribution >= 0.6 is 0 Å². The summed E-state index contributed by atoms with van der Waals surface area (Å²) in [6, 6.07) is 5.84. The van der Waals surface area contributed by atoms with Crippen molar-refractivity contribution in [2.75, 3.05) is 5.32 Å². The maximum absolute atomic E-state index is 13.6. The van der Waals surface area contributed by atoms with E-state index >= 15 is 0 Å². The number of carboxylic acid groups (broad SMARTS) is 1. The van der Waals surface area contributed by atoms with E-state index in [0.29, 0.717) is 0 Å². The van der Waals surface area contributed by atoms with E-state index in [9.17, 15) is 14.0 Å². The van der Waals surface area contributed by atoms with Gasteiger partial charge in [0.25, 0.3) is 5.91 Å². The molecule has 0 aliphatic heterocycles. The molecular formula is C14H14FN3O3. The number of carbonyl (C=O) groups excluding carboxylic acids is 1. The van der Waals surface area contributed by atoms with Crippen LogP contribution in [0.3, 0.4) is 0 Å². The molecule has 1 heterocycles. The molecule has 0 atom stereocenters. The van der Waals surface area contributed by atoms with Crippen molar-refractivity contribution < 1.29 is 19.1 Å². The van der Waals surface area contributed by atoms with Gasteiger partial charge in [-0.1, -0.05) is 6.07 Å². The zero-order valence-electron chi connectivity index (χ0n) is 11.3. The summed E-state index contributed by atoms with van der Waals surface area (Å²) < 4.78 is 14.9. The number of hydrogen-bond donors (Lipinski definition) is 2. The smallest absolute Gasteiger partial charge is 0.305 e. The number of aromatic nitrogens is 2. The lowest BCUT2D eigenvalue weighted by Gasteiger charge is -2.09. The van der Waals surface area contributed by atoms with Gasteiger partial charge >= 0.3 is 5.97 Å². The van der Waals surface area contributed by atoms with Gasteiger partial charge in [0.15, 0.2) is 0 Å². The van der Waals surface area contributed by atoms with E-state index in [1.807, 2.05) is 0 Å². The van der Waals surface area contributed by atoms with Crippen molar-refractivity contribution >= 4 is 17.6 Å². The van der Waals surface area contributed by atoms with Gasteiger partial charge in [-0.25, -0.2) is 4.39 Å². The summed E-state index contributed by atoms with van der Waals surface area (Å²) in [6.07, 6.45) is 1.24. The Hall–Kier alpha value is -2.70. The first kappa shape index (κ1) is 14.7. The number of amides is 1. The maximum atomic E-state index is 13.6. The lowest BCUT2D eigenvalue weighted by molar-refractivity contribution is -0.137. The first-order valence-corrected chi connectivity index (χ1v) is 6.28. The number of anilines is 1. The van der Waals surface area contributed by atoms with Gasteiger partial charge < -0.3 is 10.4 Å². The SMILES string of the molecule is Cc1ccc(F)c(NC(=O)c2ccnn2CCC(=O)O)c1. The molecule has 6 nitrogen and oxygen atoms in total. The fourth-order valence-electron chi connectivity index (χ4n) is 1.83. The second-order valence-electron chi connectivity index (χ2n) is 4.52. The van der Waals surface area contributed by atoms with Crippen LogP contribution in [0.2, 0.25) is 0 Å². The molecule has 0 bridgehead atoms. The molecule has 2 N–H and O–H groups in total. The predicted molar refractivity (Wildman–Crippen MR) is 73.6 cm³/mol. The topological polar surface area (TPSA) is 84.2 Å². The van der Waals surface area contributed by atoms with Crippen LogP contribution < -0.4 is 5.32 Å². The quantitative estimate of drug-likeness (QED) is 0.883. The number of benzene rings is 1. The lowest BCUT2D eigenvalue weighted by atomic mass is 10.2. The minimum atomic E-state index is -0.985. The molecule has 7 heteroatoms. The highest BCUT2D eigenvalue weighted by atomic mass is 19.1. The number of halogens is 1. The zero-order valence-corrected chi connectivity index (χ0v) is 11.3. The van der Waals surface area contributed by atoms with Gasteiger partial charge in [-0.05, 0) is 30.7 Å². The fraction of sp³-hybridized carbons (Fsp3) is 0.214. The van der Waals surface area contributed by atoms with Crippen LogP contribution in [0.15, 0.2) is 30.5 Å². The average Bonchev–Trinajstić information content (AvgIpc) is 2.89. The molecule has 110 valence electrons. The number of rotatable bonds is 5. The third kappa shape index (κ3) is 3.65. The van der Waals surface area contributed by atoms with E-state index in [-0.39, 0.29) is 24.3 Å². The highest BCUT2D eigenvalue weighted by Gasteiger charge is 2.14. The predicted octanol–water partition coefficient (Wildman–Crippen LogP) is 2.06. The highest BCUT2D eigenvalue weighted by molar-refractivity contribution is 6.03. The van der Waals surface area contributed by atoms with Crippen molar-refractivity contribution in [3.05, 3.63) is 47.5 Å². The number of aliphatic carboxylic acids is 1. The van der Waals surface area contributed by atoms with Crippen molar-refractivity contribution in [3.63, 3.8) is 0 Å². The van der Waals surface area contributed by atoms with Gasteiger partial charge in [0, 0.05) is 6.20 Å². The molecule has 0 spiro atoms. The molecule has 0 saturated heterocycles. The van der Waals surface area contributed by atoms with Crippen LogP contribution in [0.5, 0.6) is 0 Å². The monoisotopic (exact) mass is 291 g/mol. The molecule has 0 aliphatic rings. The fourth-order valence-corrected chi connectivity index (χ4v) is 1.83. The molecule has 0 aliphatic carbocycles. The molecule has 0 unspecified atom stereocenters. The molecular weight excluding hydrogens is 277 g/mol. The van der Waals surface area contributed by atoms with Gasteiger partial charge in [0.05, 0.1) is 18.7 Å². The van der Waals surface area contributed by atoms with Gasteiger partial charge in [-0.3, -0.25) is 14.3 Å². The van der Waals surface area contributed by atoms with Gasteiger partial charge in [-0.15, -0.1) is 0 Å². The first-order valence-electron chi connectivity index (χ1n) is 6.28. The summed E-state index contributed by atoms with van der Waals surface area (Å²) in [5.74, 6) is -2.06. The largest absolute Gasteiger partial charge is 0.481 e. The normalized spacial score (nSPS) is 10.4. The summed E-state index contributed by atoms with van der Waals surface area (Å²) in [4.78, 5) is 22.7. The number of carboxylic acids is 1. The Bertz CT molecular complexity index is 682. The third-order valence-electron chi connectivity index (χ3n) is 2.86. The van der Waals surface area contributed by atoms with E-state index in [4.69, 9.17) is 5.11 Å². The number of hydrogen-bond acceptors (Lipinski definition) is 3. The second-order valence-corrected chi connectivity index (χ2v) is 4.52. The lowest BCUT2D eigenvalue weighted by Crippen LogP contribution is -2.19. The maximum Gasteiger partial charge on any atom is 0.305 e. The molecule has 2 rings (SSSR count). The van der Waals surface area contributed by atoms with Crippen LogP contribution in [0.4, 0.5) is 10.1 Å². The molecule has 1 aromatic carbocycles. The second kappa shape index (κ2) is 6.17. The average molecular weight is 291 g/mol. The summed E-state index contributed by atoms with van der Waals surface area (Å²) >= 11 is 0. The number of nitrogens with one attached hydrogen (secondary N) is 1. The molecule has 0 saturated carbocycles. The van der Waals surface area contributed by atoms with Crippen molar-refractivity contribution in [1.29, 1.82) is 0 Å². The van der Waals surface area contributed by atoms with Crippen LogP contribution in [0.1, 0.15) is 22.5 Å². The molecule has 2 aromatic rings. The van der Waals surface area contributed by atoms with Crippen molar-refractivity contribution in [2.24, 2.45) is 0 Å². The summed E-state index contributed by atoms with van der Waals surface area (Å²) in [5.41, 5.74) is 1.06. The van der Waals surface area contributed by atoms with E-state index in [2.05, 4.69) is 10.4 Å². The van der Waals surface area contributed by atoms with E-state index in [1.54, 1.807) is 13.0 Å². The molecule has 0 radical (unpaired) electrons. The molecule has 21 heavy (non-hydrogen) atoms. The highest BCUT2D eigenvalue weighted by Crippen LogP contribution is 2.16. The minimum Gasteiger partial charge on any atom is -0.481 e. The van der Waals surface area contributed by atoms with Crippen molar-refractivity contribution in [1.82, 2.24) is 9.78 Å². The summed E-state index contributed by atoms with van der Waals surface area (Å²) in [5, 5.41) is 15.0. The number of carbonyl (C=O) groups is 2. The van der Waals surface area contributed by atoms with E-state index in [0.717, 1.165) is 5.56 Å². The van der Waals surface area contributed by atoms with Crippen LogP contribution in [-0.4, -0.2) is 26.8 Å². The first-order chi connectivity index (χ1) is 9.97. The van der Waals surface area contributed by atoms with Crippen molar-refractivity contribution in [2.45, 2.75) is 19.9 Å². The van der Waals surface area contributed by atoms with Gasteiger partial charge in [0.2, 0.25) is 0 Å². The van der Waals surface area contributed by atoms with Gasteiger partial charge in [-0.2, -0.15) is 5.10 Å². The number of nitrogens with zero attached hydrogens (tertiary/aromatic N) is 2. The van der Waals surface area contributed by atoms with Crippen LogP contribution in [0.25, 0.3) is 0 Å². The van der Waals surface area contributed by atoms with E-state index < -0.39 is 17.7 Å². The van der Waals surface area contributed by atoms with Crippen LogP contribution in [-0.2, 0) is 11.3 Å². The van der Waals surface area contributed by atoms with Gasteiger partial charge in [0.1, 0.15) is 11.5 Å². The Morgan fingerprint density at radius 3 is 2.86 bits per heavy atom. The number of aryl methyl sites for hydroxylation is 2. The zero-order chi connectivity index (χ0) is 15.4. The Balaban J connectivity index is 2.15. The summed E-state index contributed by atoms with van der Waals surface area (Å²) in [6.45, 7) is 1.85. The van der Waals surface area contributed by atoms with E-state index in [1.165, 1.54) is 29.1 Å². The Kier molecular flexibility index (Phi) is 4.32. The molecule has 0 fully saturated rings. The van der Waals surface area contributed by atoms with Crippen molar-refractivity contribution in [3.8, 4) is 0 Å². The summed E-state index contributed by atoms with van der Waals surface area (Å²) in [7, 11) is 0. The minimum absolute atomic E-state index is 0.0708. The Morgan fingerprint density at radius 2 is 2.14 bits per heavy atom.